The van der Waals surface area contributed by atoms with E-state index < -0.39 is 11.9 Å². The molecular formula is C13H22O5. The molecule has 0 aromatic heterocycles. The second kappa shape index (κ2) is 3.90. The standard InChI is InChI=1S/C13H22O5/c1-12(2)5-7-9(14)10(16-11(7)18-12)8-6-15-13(3,4)17-8/h7-11,14H,5-6H2,1-4H3/t7-,8?,9+,10?,11?/m1/s1. The van der Waals surface area contributed by atoms with Crippen LogP contribution in [-0.2, 0) is 18.9 Å². The summed E-state index contributed by atoms with van der Waals surface area (Å²) in [5.74, 6) is -0.553. The van der Waals surface area contributed by atoms with Crippen molar-refractivity contribution in [2.24, 2.45) is 5.92 Å². The third kappa shape index (κ3) is 2.08. The first-order valence-corrected chi connectivity index (χ1v) is 6.61. The molecule has 5 nitrogen and oxygen atoms in total. The van der Waals surface area contributed by atoms with Gasteiger partial charge in [-0.2, -0.15) is 0 Å². The van der Waals surface area contributed by atoms with E-state index in [1.54, 1.807) is 0 Å². The van der Waals surface area contributed by atoms with Crippen molar-refractivity contribution in [2.45, 2.75) is 70.1 Å². The van der Waals surface area contributed by atoms with Gasteiger partial charge in [-0.1, -0.05) is 0 Å². The van der Waals surface area contributed by atoms with E-state index in [9.17, 15) is 5.11 Å². The van der Waals surface area contributed by atoms with Gasteiger partial charge in [0.25, 0.3) is 0 Å². The van der Waals surface area contributed by atoms with Gasteiger partial charge < -0.3 is 24.1 Å². The van der Waals surface area contributed by atoms with E-state index >= 15 is 0 Å². The minimum absolute atomic E-state index is 0.0392. The Hall–Kier alpha value is -0.200. The number of ether oxygens (including phenoxy) is 4. The van der Waals surface area contributed by atoms with E-state index in [1.807, 2.05) is 27.7 Å². The van der Waals surface area contributed by atoms with Gasteiger partial charge >= 0.3 is 0 Å². The van der Waals surface area contributed by atoms with Gasteiger partial charge in [0.1, 0.15) is 12.2 Å². The molecule has 3 unspecified atom stereocenters. The fourth-order valence-electron chi connectivity index (χ4n) is 3.19. The summed E-state index contributed by atoms with van der Waals surface area (Å²) in [7, 11) is 0. The van der Waals surface area contributed by atoms with Gasteiger partial charge in [0.05, 0.1) is 18.3 Å². The highest BCUT2D eigenvalue weighted by Crippen LogP contribution is 2.45. The molecule has 3 fully saturated rings. The molecule has 0 aliphatic carbocycles. The topological polar surface area (TPSA) is 57.2 Å². The molecule has 3 saturated heterocycles. The van der Waals surface area contributed by atoms with Crippen molar-refractivity contribution in [1.82, 2.24) is 0 Å². The predicted molar refractivity (Wildman–Crippen MR) is 62.8 cm³/mol. The maximum Gasteiger partial charge on any atom is 0.164 e. The van der Waals surface area contributed by atoms with Gasteiger partial charge in [-0.15, -0.1) is 0 Å². The van der Waals surface area contributed by atoms with E-state index in [1.165, 1.54) is 0 Å². The molecule has 18 heavy (non-hydrogen) atoms. The first kappa shape index (κ1) is 12.8. The van der Waals surface area contributed by atoms with Crippen molar-refractivity contribution < 1.29 is 24.1 Å². The monoisotopic (exact) mass is 258 g/mol. The Kier molecular flexibility index (Phi) is 2.78. The molecular weight excluding hydrogens is 236 g/mol. The summed E-state index contributed by atoms with van der Waals surface area (Å²) in [5, 5.41) is 10.4. The van der Waals surface area contributed by atoms with Crippen LogP contribution in [0.1, 0.15) is 34.1 Å². The van der Waals surface area contributed by atoms with E-state index in [2.05, 4.69) is 0 Å². The van der Waals surface area contributed by atoms with Gasteiger partial charge in [-0.25, -0.2) is 0 Å². The minimum atomic E-state index is -0.592. The van der Waals surface area contributed by atoms with Gasteiger partial charge in [0, 0.05) is 5.92 Å². The lowest BCUT2D eigenvalue weighted by atomic mass is 9.91. The van der Waals surface area contributed by atoms with Crippen LogP contribution in [-0.4, -0.2) is 47.7 Å². The van der Waals surface area contributed by atoms with Gasteiger partial charge in [-0.3, -0.25) is 0 Å². The molecule has 0 spiro atoms. The van der Waals surface area contributed by atoms with Crippen LogP contribution < -0.4 is 0 Å². The van der Waals surface area contributed by atoms with Crippen LogP contribution in [0.3, 0.4) is 0 Å². The summed E-state index contributed by atoms with van der Waals surface area (Å²) in [5.41, 5.74) is -0.215. The van der Waals surface area contributed by atoms with Crippen LogP contribution in [0.4, 0.5) is 0 Å². The Bertz CT molecular complexity index is 340. The van der Waals surface area contributed by atoms with Crippen LogP contribution in [0.5, 0.6) is 0 Å². The Morgan fingerprint density at radius 1 is 1.11 bits per heavy atom. The normalized spacial score (nSPS) is 49.5. The van der Waals surface area contributed by atoms with Crippen LogP contribution >= 0.6 is 0 Å². The van der Waals surface area contributed by atoms with E-state index in [4.69, 9.17) is 18.9 Å². The van der Waals surface area contributed by atoms with E-state index in [0.29, 0.717) is 6.61 Å². The maximum atomic E-state index is 10.4. The van der Waals surface area contributed by atoms with Crippen molar-refractivity contribution in [3.8, 4) is 0 Å². The van der Waals surface area contributed by atoms with Crippen molar-refractivity contribution in [3.05, 3.63) is 0 Å². The number of hydrogen-bond acceptors (Lipinski definition) is 5. The van der Waals surface area contributed by atoms with Crippen LogP contribution in [0, 0.1) is 5.92 Å². The van der Waals surface area contributed by atoms with E-state index in [0.717, 1.165) is 6.42 Å². The smallest absolute Gasteiger partial charge is 0.164 e. The molecule has 1 N–H and O–H groups in total. The lowest BCUT2D eigenvalue weighted by Crippen LogP contribution is -2.40. The van der Waals surface area contributed by atoms with Crippen molar-refractivity contribution in [3.63, 3.8) is 0 Å². The van der Waals surface area contributed by atoms with Crippen molar-refractivity contribution in [2.75, 3.05) is 6.61 Å². The number of aliphatic hydroxyl groups is 1. The molecule has 3 aliphatic heterocycles. The molecule has 3 heterocycles. The average Bonchev–Trinajstić information content (AvgIpc) is 2.81. The van der Waals surface area contributed by atoms with Gasteiger partial charge in [0.2, 0.25) is 0 Å². The number of hydrogen-bond donors (Lipinski definition) is 1. The molecule has 0 aromatic rings. The van der Waals surface area contributed by atoms with Crippen molar-refractivity contribution >= 4 is 0 Å². The zero-order chi connectivity index (χ0) is 13.1. The molecule has 3 rings (SSSR count). The Labute approximate surface area is 107 Å². The zero-order valence-electron chi connectivity index (χ0n) is 11.4. The summed E-state index contributed by atoms with van der Waals surface area (Å²) < 4.78 is 22.9. The van der Waals surface area contributed by atoms with Crippen LogP contribution in [0.25, 0.3) is 0 Å². The van der Waals surface area contributed by atoms with Crippen LogP contribution in [0.2, 0.25) is 0 Å². The summed E-state index contributed by atoms with van der Waals surface area (Å²) in [6.07, 6.45) is -0.608. The number of rotatable bonds is 1. The molecule has 0 bridgehead atoms. The predicted octanol–water partition coefficient (Wildman–Crippen LogP) is 1.04. The lowest BCUT2D eigenvalue weighted by Gasteiger charge is -2.26. The quantitative estimate of drug-likeness (QED) is 0.761. The second-order valence-corrected chi connectivity index (χ2v) is 6.57. The SMILES string of the molecule is CC1(C)C[C@H]2C(OC(C3COC(C)(C)O3)[C@H]2O)O1. The average molecular weight is 258 g/mol. The second-order valence-electron chi connectivity index (χ2n) is 6.57. The molecule has 0 radical (unpaired) electrons. The zero-order valence-corrected chi connectivity index (χ0v) is 11.4. The highest BCUT2D eigenvalue weighted by atomic mass is 16.8. The molecule has 0 aromatic carbocycles. The minimum Gasteiger partial charge on any atom is -0.390 e. The van der Waals surface area contributed by atoms with Gasteiger partial charge in [0.15, 0.2) is 12.1 Å². The molecule has 0 saturated carbocycles. The maximum absolute atomic E-state index is 10.4. The molecule has 3 aliphatic rings. The Morgan fingerprint density at radius 3 is 2.39 bits per heavy atom. The number of fused-ring (bicyclic) bond motifs is 1. The van der Waals surface area contributed by atoms with Gasteiger partial charge in [-0.05, 0) is 34.1 Å². The summed E-state index contributed by atoms with van der Waals surface area (Å²) in [6.45, 7) is 8.24. The largest absolute Gasteiger partial charge is 0.390 e. The lowest BCUT2D eigenvalue weighted by molar-refractivity contribution is -0.199. The molecule has 0 amide bonds. The first-order valence-electron chi connectivity index (χ1n) is 6.61. The van der Waals surface area contributed by atoms with Crippen molar-refractivity contribution in [1.29, 1.82) is 0 Å². The fraction of sp³-hybridized carbons (Fsp3) is 1.00. The fourth-order valence-corrected chi connectivity index (χ4v) is 3.19. The molecule has 5 atom stereocenters. The Morgan fingerprint density at radius 2 is 1.83 bits per heavy atom. The van der Waals surface area contributed by atoms with Crippen LogP contribution in [0.15, 0.2) is 0 Å². The molecule has 5 heteroatoms. The first-order chi connectivity index (χ1) is 8.27. The van der Waals surface area contributed by atoms with E-state index in [-0.39, 0.29) is 30.0 Å². The summed E-state index contributed by atoms with van der Waals surface area (Å²) in [4.78, 5) is 0. The molecule has 104 valence electrons. The summed E-state index contributed by atoms with van der Waals surface area (Å²) >= 11 is 0. The highest BCUT2D eigenvalue weighted by Gasteiger charge is 2.56. The Balaban J connectivity index is 1.68. The third-order valence-corrected chi connectivity index (χ3v) is 3.98. The summed E-state index contributed by atoms with van der Waals surface area (Å²) in [6, 6.07) is 0. The highest BCUT2D eigenvalue weighted by molar-refractivity contribution is 4.99. The third-order valence-electron chi connectivity index (χ3n) is 3.98. The number of aliphatic hydroxyl groups excluding tert-OH is 1.